The van der Waals surface area contributed by atoms with Crippen LogP contribution in [-0.4, -0.2) is 24.3 Å². The summed E-state index contributed by atoms with van der Waals surface area (Å²) in [6.07, 6.45) is 0. The number of rotatable bonds is 0. The smallest absolute Gasteiger partial charge is 0.0935 e. The molecule has 0 fully saturated rings. The Morgan fingerprint density at radius 3 is 2.71 bits per heavy atom. The lowest BCUT2D eigenvalue weighted by Gasteiger charge is -2.07. The van der Waals surface area contributed by atoms with Gasteiger partial charge in [0.2, 0.25) is 0 Å². The predicted molar refractivity (Wildman–Crippen MR) is 31.4 cm³/mol. The average molecular weight is 116 g/mol. The first-order chi connectivity index (χ1) is 3.30. The van der Waals surface area contributed by atoms with E-state index in [1.54, 1.807) is 0 Å². The number of nitrogens with zero attached hydrogens (tertiary/aromatic N) is 2. The van der Waals surface area contributed by atoms with Crippen molar-refractivity contribution in [2.45, 2.75) is 13.0 Å². The summed E-state index contributed by atoms with van der Waals surface area (Å²) in [5, 5.41) is 0. The van der Waals surface area contributed by atoms with Crippen LogP contribution in [-0.2, 0) is 0 Å². The Balaban J connectivity index is 2.45. The molecule has 1 rings (SSSR count). The molecule has 40 valence electrons. The maximum absolute atomic E-state index is 4.14. The molecule has 0 spiro atoms. The fourth-order valence-electron chi connectivity index (χ4n) is 0.461. The van der Waals surface area contributed by atoms with Gasteiger partial charge in [0.1, 0.15) is 0 Å². The Morgan fingerprint density at radius 1 is 1.86 bits per heavy atom. The van der Waals surface area contributed by atoms with E-state index in [2.05, 4.69) is 23.4 Å². The van der Waals surface area contributed by atoms with Crippen LogP contribution in [0.4, 0.5) is 0 Å². The molecule has 1 heterocycles. The van der Waals surface area contributed by atoms with Gasteiger partial charge in [-0.25, -0.2) is 4.67 Å². The van der Waals surface area contributed by atoms with Crippen molar-refractivity contribution in [2.75, 3.05) is 13.6 Å². The molecule has 3 heteroatoms. The van der Waals surface area contributed by atoms with Crippen LogP contribution < -0.4 is 0 Å². The first kappa shape index (κ1) is 5.20. The van der Waals surface area contributed by atoms with Crippen molar-refractivity contribution in [2.24, 2.45) is 4.74 Å². The maximum Gasteiger partial charge on any atom is 0.0935 e. The largest absolute Gasteiger partial charge is 0.251 e. The van der Waals surface area contributed by atoms with E-state index in [-0.39, 0.29) is 0 Å². The number of hydrogen-bond acceptors (Lipinski definition) is 2. The monoisotopic (exact) mass is 116 g/mol. The molecular weight excluding hydrogens is 107 g/mol. The lowest BCUT2D eigenvalue weighted by atomic mass is 10.4. The van der Waals surface area contributed by atoms with Crippen molar-refractivity contribution < 1.29 is 0 Å². The average Bonchev–Trinajstić information content (AvgIpc) is 1.91. The van der Waals surface area contributed by atoms with E-state index >= 15 is 0 Å². The van der Waals surface area contributed by atoms with Crippen molar-refractivity contribution >= 4 is 8.52 Å². The summed E-state index contributed by atoms with van der Waals surface area (Å²) in [6.45, 7) is 3.20. The highest BCUT2D eigenvalue weighted by atomic mass is 31.1. The highest BCUT2D eigenvalue weighted by molar-refractivity contribution is 7.24. The zero-order valence-electron chi connectivity index (χ0n) is 4.63. The quantitative estimate of drug-likeness (QED) is 0.436. The Labute approximate surface area is 45.5 Å². The molecule has 7 heavy (non-hydrogen) atoms. The van der Waals surface area contributed by atoms with Gasteiger partial charge in [-0.05, 0) is 14.0 Å². The first-order valence-electron chi connectivity index (χ1n) is 2.41. The van der Waals surface area contributed by atoms with Crippen LogP contribution in [0.5, 0.6) is 0 Å². The second-order valence-corrected chi connectivity index (χ2v) is 2.93. The van der Waals surface area contributed by atoms with Crippen LogP contribution in [0.3, 0.4) is 0 Å². The Hall–Kier alpha value is 0.0600. The van der Waals surface area contributed by atoms with E-state index in [4.69, 9.17) is 0 Å². The molecule has 1 unspecified atom stereocenters. The van der Waals surface area contributed by atoms with Gasteiger partial charge in [-0.15, -0.1) is 0 Å². The number of hydrogen-bond donors (Lipinski definition) is 0. The maximum atomic E-state index is 4.14. The van der Waals surface area contributed by atoms with Gasteiger partial charge in [0.25, 0.3) is 0 Å². The summed E-state index contributed by atoms with van der Waals surface area (Å²) >= 11 is 0. The second-order valence-electron chi connectivity index (χ2n) is 1.84. The second kappa shape index (κ2) is 1.89. The summed E-state index contributed by atoms with van der Waals surface area (Å²) in [5.74, 6) is 0. The van der Waals surface area contributed by atoms with E-state index in [1.807, 2.05) is 0 Å². The van der Waals surface area contributed by atoms with Gasteiger partial charge < -0.3 is 0 Å². The van der Waals surface area contributed by atoms with Crippen LogP contribution in [0.15, 0.2) is 4.74 Å². The fourth-order valence-corrected chi connectivity index (χ4v) is 1.22. The third-order valence-corrected chi connectivity index (χ3v) is 2.15. The zero-order valence-corrected chi connectivity index (χ0v) is 5.52. The van der Waals surface area contributed by atoms with E-state index in [9.17, 15) is 0 Å². The van der Waals surface area contributed by atoms with Gasteiger partial charge in [0, 0.05) is 6.04 Å². The van der Waals surface area contributed by atoms with Crippen molar-refractivity contribution in [1.82, 2.24) is 4.67 Å². The molecule has 2 nitrogen and oxygen atoms in total. The molecule has 0 radical (unpaired) electrons. The Bertz CT molecular complexity index is 91.7. The lowest BCUT2D eigenvalue weighted by molar-refractivity contribution is 0.465. The first-order valence-corrected chi connectivity index (χ1v) is 3.21. The van der Waals surface area contributed by atoms with Crippen LogP contribution in [0.1, 0.15) is 6.92 Å². The minimum Gasteiger partial charge on any atom is -0.251 e. The zero-order chi connectivity index (χ0) is 5.28. The third kappa shape index (κ3) is 0.987. The predicted octanol–water partition coefficient (Wildman–Crippen LogP) is 1.37. The van der Waals surface area contributed by atoms with E-state index in [0.717, 1.165) is 15.1 Å². The lowest BCUT2D eigenvalue weighted by Crippen LogP contribution is -2.17. The normalized spacial score (nSPS) is 34.3. The van der Waals surface area contributed by atoms with Crippen LogP contribution in [0.2, 0.25) is 0 Å². The van der Waals surface area contributed by atoms with E-state index in [1.165, 1.54) is 0 Å². The fraction of sp³-hybridized carbons (Fsp3) is 1.00. The van der Waals surface area contributed by atoms with Gasteiger partial charge in [0.05, 0.1) is 15.1 Å². The van der Waals surface area contributed by atoms with Crippen molar-refractivity contribution in [1.29, 1.82) is 0 Å². The van der Waals surface area contributed by atoms with Gasteiger partial charge in [-0.3, -0.25) is 4.74 Å². The van der Waals surface area contributed by atoms with E-state index in [0.29, 0.717) is 6.04 Å². The SMILES string of the molecule is CC1CN=PN1C. The molecule has 0 aliphatic carbocycles. The highest BCUT2D eigenvalue weighted by Gasteiger charge is 2.10. The molecule has 1 aliphatic heterocycles. The molecule has 0 bridgehead atoms. The molecular formula is C4H9N2P. The van der Waals surface area contributed by atoms with Gasteiger partial charge in [-0.2, -0.15) is 0 Å². The van der Waals surface area contributed by atoms with Gasteiger partial charge in [0.15, 0.2) is 0 Å². The topological polar surface area (TPSA) is 15.6 Å². The summed E-state index contributed by atoms with van der Waals surface area (Å²) in [5.41, 5.74) is 0. The van der Waals surface area contributed by atoms with Crippen LogP contribution >= 0.6 is 8.52 Å². The molecule has 1 aliphatic rings. The molecule has 0 aromatic rings. The Kier molecular flexibility index (Phi) is 1.40. The van der Waals surface area contributed by atoms with Crippen LogP contribution in [0, 0.1) is 0 Å². The summed E-state index contributed by atoms with van der Waals surface area (Å²) in [6, 6.07) is 0.668. The van der Waals surface area contributed by atoms with E-state index < -0.39 is 0 Å². The summed E-state index contributed by atoms with van der Waals surface area (Å²) in [7, 11) is 3.23. The minimum absolute atomic E-state index is 0.668. The molecule has 0 saturated heterocycles. The minimum atomic E-state index is 0.668. The molecule has 0 aromatic carbocycles. The Morgan fingerprint density at radius 2 is 2.57 bits per heavy atom. The standard InChI is InChI=1S/C4H9N2P/c1-4-3-5-7-6(4)2/h4H,3H2,1-2H3. The molecule has 0 N–H and O–H groups in total. The van der Waals surface area contributed by atoms with Crippen LogP contribution in [0.25, 0.3) is 0 Å². The summed E-state index contributed by atoms with van der Waals surface area (Å²) in [4.78, 5) is 0. The van der Waals surface area contributed by atoms with Crippen molar-refractivity contribution in [3.8, 4) is 0 Å². The molecule has 0 amide bonds. The molecule has 0 saturated carbocycles. The highest BCUT2D eigenvalue weighted by Crippen LogP contribution is 2.18. The van der Waals surface area contributed by atoms with Gasteiger partial charge >= 0.3 is 0 Å². The number of likely N-dealkylation sites (N-methyl/N-ethyl adjacent to an activating group) is 1. The third-order valence-electron chi connectivity index (χ3n) is 1.19. The van der Waals surface area contributed by atoms with Crippen molar-refractivity contribution in [3.63, 3.8) is 0 Å². The molecule has 1 atom stereocenters. The summed E-state index contributed by atoms with van der Waals surface area (Å²) < 4.78 is 6.35. The van der Waals surface area contributed by atoms with Crippen molar-refractivity contribution in [3.05, 3.63) is 0 Å². The molecule has 0 aromatic heterocycles. The van der Waals surface area contributed by atoms with Gasteiger partial charge in [-0.1, -0.05) is 0 Å².